The molecule has 4 rings (SSSR count). The molecule has 0 bridgehead atoms. The number of carbonyl (C=O) groups is 2. The summed E-state index contributed by atoms with van der Waals surface area (Å²) in [4.78, 5) is 43.4. The molecular formula is C25H19ClFN3O3. The first-order chi connectivity index (χ1) is 15.7. The van der Waals surface area contributed by atoms with Crippen LogP contribution in [0.1, 0.15) is 27.2 Å². The van der Waals surface area contributed by atoms with Crippen LogP contribution in [0.15, 0.2) is 65.6 Å². The van der Waals surface area contributed by atoms with Gasteiger partial charge in [-0.1, -0.05) is 23.7 Å². The molecule has 0 unspecified atom stereocenters. The number of hydrogen-bond acceptors (Lipinski definition) is 4. The number of carbonyl (C=O) groups excluding carboxylic acids is 2. The Bertz CT molecular complexity index is 1480. The molecule has 0 radical (unpaired) electrons. The Morgan fingerprint density at radius 3 is 2.61 bits per heavy atom. The van der Waals surface area contributed by atoms with E-state index in [1.54, 1.807) is 44.2 Å². The first kappa shape index (κ1) is 22.4. The topological polar surface area (TPSA) is 81.1 Å². The lowest BCUT2D eigenvalue weighted by Crippen LogP contribution is -2.25. The van der Waals surface area contributed by atoms with Crippen LogP contribution in [0, 0.1) is 19.7 Å². The van der Waals surface area contributed by atoms with Gasteiger partial charge in [-0.15, -0.1) is 0 Å². The number of pyridine rings is 2. The zero-order chi connectivity index (χ0) is 23.7. The highest BCUT2D eigenvalue weighted by Gasteiger charge is 2.19. The van der Waals surface area contributed by atoms with Crippen LogP contribution in [0.25, 0.3) is 11.0 Å². The monoisotopic (exact) mass is 463 g/mol. The molecule has 33 heavy (non-hydrogen) atoms. The van der Waals surface area contributed by atoms with Crippen LogP contribution in [-0.2, 0) is 11.3 Å². The lowest BCUT2D eigenvalue weighted by atomic mass is 10.0. The Morgan fingerprint density at radius 2 is 1.88 bits per heavy atom. The standard InChI is InChI=1S/C25H19ClFN3O3/c1-14-10-18(7-9-21(14)27)29-22(31)13-30-12-20(23(32)16-4-3-5-17(26)11-16)24(33)19-8-6-15(2)28-25(19)30/h3-12H,13H2,1-2H3,(H,29,31). The van der Waals surface area contributed by atoms with Gasteiger partial charge in [0.25, 0.3) is 0 Å². The molecule has 0 spiro atoms. The molecular weight excluding hydrogens is 445 g/mol. The highest BCUT2D eigenvalue weighted by Crippen LogP contribution is 2.18. The first-order valence-corrected chi connectivity index (χ1v) is 10.5. The molecule has 2 heterocycles. The van der Waals surface area contributed by atoms with E-state index in [0.717, 1.165) is 0 Å². The van der Waals surface area contributed by atoms with Crippen molar-refractivity contribution >= 4 is 40.0 Å². The first-order valence-electron chi connectivity index (χ1n) is 10.1. The highest BCUT2D eigenvalue weighted by atomic mass is 35.5. The fraction of sp³-hybridized carbons (Fsp3) is 0.120. The predicted octanol–water partition coefficient (Wildman–Crippen LogP) is 4.68. The minimum Gasteiger partial charge on any atom is -0.325 e. The van der Waals surface area contributed by atoms with E-state index in [2.05, 4.69) is 10.3 Å². The number of rotatable bonds is 5. The normalized spacial score (nSPS) is 10.9. The SMILES string of the molecule is Cc1ccc2c(=O)c(C(=O)c3cccc(Cl)c3)cn(CC(=O)Nc3ccc(F)c(C)c3)c2n1. The summed E-state index contributed by atoms with van der Waals surface area (Å²) < 4.78 is 15.0. The molecule has 0 aliphatic carbocycles. The predicted molar refractivity (Wildman–Crippen MR) is 125 cm³/mol. The van der Waals surface area contributed by atoms with Crippen molar-refractivity contribution in [1.29, 1.82) is 0 Å². The molecule has 6 nitrogen and oxygen atoms in total. The second-order valence-corrected chi connectivity index (χ2v) is 8.11. The van der Waals surface area contributed by atoms with Crippen molar-refractivity contribution in [1.82, 2.24) is 9.55 Å². The zero-order valence-electron chi connectivity index (χ0n) is 17.9. The molecule has 2 aromatic carbocycles. The maximum absolute atomic E-state index is 13.5. The smallest absolute Gasteiger partial charge is 0.244 e. The molecule has 0 aliphatic rings. The van der Waals surface area contributed by atoms with Crippen molar-refractivity contribution < 1.29 is 14.0 Å². The van der Waals surface area contributed by atoms with Crippen LogP contribution >= 0.6 is 11.6 Å². The molecule has 0 aliphatic heterocycles. The van der Waals surface area contributed by atoms with Gasteiger partial charge in [-0.25, -0.2) is 9.37 Å². The van der Waals surface area contributed by atoms with Gasteiger partial charge in [0.1, 0.15) is 18.0 Å². The number of aryl methyl sites for hydroxylation is 2. The van der Waals surface area contributed by atoms with Crippen LogP contribution in [0.4, 0.5) is 10.1 Å². The van der Waals surface area contributed by atoms with E-state index in [9.17, 15) is 18.8 Å². The minimum absolute atomic E-state index is 0.0964. The van der Waals surface area contributed by atoms with Gasteiger partial charge in [-0.2, -0.15) is 0 Å². The fourth-order valence-corrected chi connectivity index (χ4v) is 3.70. The lowest BCUT2D eigenvalue weighted by Gasteiger charge is -2.13. The Hall–Kier alpha value is -3.84. The number of amides is 1. The summed E-state index contributed by atoms with van der Waals surface area (Å²) >= 11 is 6.00. The number of halogens is 2. The lowest BCUT2D eigenvalue weighted by molar-refractivity contribution is -0.116. The van der Waals surface area contributed by atoms with Gasteiger partial charge in [0.15, 0.2) is 5.78 Å². The van der Waals surface area contributed by atoms with Crippen molar-refractivity contribution in [3.63, 3.8) is 0 Å². The summed E-state index contributed by atoms with van der Waals surface area (Å²) in [5, 5.41) is 3.30. The number of aromatic nitrogens is 2. The van der Waals surface area contributed by atoms with Gasteiger partial charge in [0.2, 0.25) is 11.3 Å². The number of nitrogens with zero attached hydrogens (tertiary/aromatic N) is 2. The number of nitrogens with one attached hydrogen (secondary N) is 1. The second-order valence-electron chi connectivity index (χ2n) is 7.68. The van der Waals surface area contributed by atoms with Gasteiger partial charge in [0, 0.05) is 28.2 Å². The summed E-state index contributed by atoms with van der Waals surface area (Å²) in [7, 11) is 0. The molecule has 4 aromatic rings. The number of hydrogen-bond donors (Lipinski definition) is 1. The van der Waals surface area contributed by atoms with Crippen LogP contribution in [0.2, 0.25) is 5.02 Å². The van der Waals surface area contributed by atoms with Crippen molar-refractivity contribution in [2.75, 3.05) is 5.32 Å². The number of benzene rings is 2. The molecule has 1 amide bonds. The van der Waals surface area contributed by atoms with Crippen molar-refractivity contribution in [2.45, 2.75) is 20.4 Å². The van der Waals surface area contributed by atoms with E-state index in [1.165, 1.54) is 35.0 Å². The van der Waals surface area contributed by atoms with Gasteiger partial charge in [0.05, 0.1) is 10.9 Å². The molecule has 0 fully saturated rings. The number of anilines is 1. The Labute approximate surface area is 193 Å². The van der Waals surface area contributed by atoms with Crippen LogP contribution < -0.4 is 10.7 Å². The Balaban J connectivity index is 1.76. The Kier molecular flexibility index (Phi) is 6.07. The summed E-state index contributed by atoms with van der Waals surface area (Å²) in [6.45, 7) is 3.15. The Morgan fingerprint density at radius 1 is 1.09 bits per heavy atom. The third-order valence-corrected chi connectivity index (χ3v) is 5.38. The van der Waals surface area contributed by atoms with Gasteiger partial charge in [-0.05, 0) is 61.9 Å². The van der Waals surface area contributed by atoms with Crippen LogP contribution in [-0.4, -0.2) is 21.2 Å². The van der Waals surface area contributed by atoms with E-state index in [-0.39, 0.29) is 34.5 Å². The van der Waals surface area contributed by atoms with Gasteiger partial charge < -0.3 is 9.88 Å². The maximum atomic E-state index is 13.5. The molecule has 0 atom stereocenters. The van der Waals surface area contributed by atoms with Crippen molar-refractivity contribution in [3.05, 3.63) is 104 Å². The van der Waals surface area contributed by atoms with Gasteiger partial charge >= 0.3 is 0 Å². The summed E-state index contributed by atoms with van der Waals surface area (Å²) in [6, 6.07) is 13.8. The summed E-state index contributed by atoms with van der Waals surface area (Å²) in [5.41, 5.74) is 1.45. The van der Waals surface area contributed by atoms with E-state index >= 15 is 0 Å². The van der Waals surface area contributed by atoms with Crippen LogP contribution in [0.5, 0.6) is 0 Å². The largest absolute Gasteiger partial charge is 0.325 e. The summed E-state index contributed by atoms with van der Waals surface area (Å²) in [5.74, 6) is -1.30. The number of ketones is 1. The summed E-state index contributed by atoms with van der Waals surface area (Å²) in [6.07, 6.45) is 1.34. The fourth-order valence-electron chi connectivity index (χ4n) is 3.51. The molecule has 0 saturated carbocycles. The molecule has 0 saturated heterocycles. The molecule has 8 heteroatoms. The van der Waals surface area contributed by atoms with E-state index in [0.29, 0.717) is 22.0 Å². The molecule has 2 aromatic heterocycles. The van der Waals surface area contributed by atoms with E-state index in [1.807, 2.05) is 0 Å². The number of fused-ring (bicyclic) bond motifs is 1. The van der Waals surface area contributed by atoms with E-state index < -0.39 is 17.1 Å². The average Bonchev–Trinajstić information content (AvgIpc) is 2.77. The highest BCUT2D eigenvalue weighted by molar-refractivity contribution is 6.31. The maximum Gasteiger partial charge on any atom is 0.244 e. The third-order valence-electron chi connectivity index (χ3n) is 5.15. The van der Waals surface area contributed by atoms with E-state index in [4.69, 9.17) is 11.6 Å². The molecule has 1 N–H and O–H groups in total. The minimum atomic E-state index is -0.506. The quantitative estimate of drug-likeness (QED) is 0.436. The second kappa shape index (κ2) is 8.96. The third kappa shape index (κ3) is 4.68. The average molecular weight is 464 g/mol. The van der Waals surface area contributed by atoms with Crippen molar-refractivity contribution in [2.24, 2.45) is 0 Å². The van der Waals surface area contributed by atoms with Gasteiger partial charge in [-0.3, -0.25) is 14.4 Å². The van der Waals surface area contributed by atoms with Crippen molar-refractivity contribution in [3.8, 4) is 0 Å². The van der Waals surface area contributed by atoms with Crippen LogP contribution in [0.3, 0.4) is 0 Å². The molecule has 166 valence electrons. The zero-order valence-corrected chi connectivity index (χ0v) is 18.6.